The quantitative estimate of drug-likeness (QED) is 0.0312. The first-order valence-corrected chi connectivity index (χ1v) is 48.7. The Bertz CT molecular complexity index is 3920. The van der Waals surface area contributed by atoms with Crippen LogP contribution in [-0.4, -0.2) is 26.4 Å². The molecule has 0 saturated heterocycles. The van der Waals surface area contributed by atoms with Crippen LogP contribution < -0.4 is 13.6 Å². The van der Waals surface area contributed by atoms with Crippen molar-refractivity contribution in [3.05, 3.63) is 86.5 Å². The maximum absolute atomic E-state index is 6.93. The van der Waals surface area contributed by atoms with Crippen LogP contribution in [0.5, 0.6) is 17.2 Å². The molecule has 12 heteroatoms. The van der Waals surface area contributed by atoms with Crippen LogP contribution in [0.25, 0.3) is 0 Å². The van der Waals surface area contributed by atoms with Crippen molar-refractivity contribution in [2.45, 2.75) is 391 Å². The van der Waals surface area contributed by atoms with E-state index < -0.39 is 25.8 Å². The second-order valence-corrected chi connectivity index (χ2v) is 34.2. The summed E-state index contributed by atoms with van der Waals surface area (Å²) < 4.78 is 58.6. The van der Waals surface area contributed by atoms with Gasteiger partial charge < -0.3 is 40.7 Å². The Hall–Kier alpha value is -7.49. The van der Waals surface area contributed by atoms with Gasteiger partial charge in [-0.1, -0.05) is 321 Å². The van der Waals surface area contributed by atoms with Crippen molar-refractivity contribution in [3.63, 3.8) is 0 Å². The lowest BCUT2D eigenvalue weighted by atomic mass is 9.77. The van der Waals surface area contributed by atoms with Crippen LogP contribution in [0.15, 0.2) is 36.4 Å². The minimum atomic E-state index is -2.24. The standard InChI is InChI=1S/C106H145O9P3/c1-14-20-26-32-38-44-50-56-62-68-74-80-107-116(108-81-75-69-63-57-51-45-39-33-27-21-15-2)113-104-90-94(8)100(87-97(104)11)93(7)86-103(101-88-98(12)105(91-95(101)9)114-117(109-82-76-70-64-58-52-46-40-34-28-22-16-3)110-83-77-71-65-59-53-47-41-35-29-23-17-4)102-89-99(13)106(92-96(102)10)115-118(111-84-78-72-66-60-54-48-42-36-30-24-18-5)112-85-79-73-67-61-55-49-43-37-31-25-19-6/h87-93,103H,14-17,20-23,26-29,32-35,38-41,44-47,50-53,56-59,62-65,68-71,74-77,80-83,86H2,1-13H3. The molecule has 0 bridgehead atoms. The Labute approximate surface area is 725 Å². The second kappa shape index (κ2) is 74.6. The molecule has 0 saturated carbocycles. The molecule has 0 heterocycles. The van der Waals surface area contributed by atoms with Crippen molar-refractivity contribution < 1.29 is 40.7 Å². The molecule has 2 unspecified atom stereocenters. The van der Waals surface area contributed by atoms with Crippen LogP contribution in [0, 0.1) is 184 Å². The van der Waals surface area contributed by atoms with Crippen LogP contribution in [-0.2, 0) is 27.1 Å². The molecule has 118 heavy (non-hydrogen) atoms. The Balaban J connectivity index is 2.10. The highest BCUT2D eigenvalue weighted by Gasteiger charge is 2.28. The lowest BCUT2D eigenvalue weighted by Gasteiger charge is -2.28. The highest BCUT2D eigenvalue weighted by Crippen LogP contribution is 2.49. The second-order valence-electron chi connectivity index (χ2n) is 30.9. The van der Waals surface area contributed by atoms with Gasteiger partial charge in [-0.05, 0) is 221 Å². The average Bonchev–Trinajstić information content (AvgIpc) is 0.780. The number of aryl methyl sites for hydroxylation is 6. The van der Waals surface area contributed by atoms with Gasteiger partial charge >= 0.3 is 25.8 Å². The number of hydrogen-bond donors (Lipinski definition) is 0. The van der Waals surface area contributed by atoms with Crippen LogP contribution in [0.4, 0.5) is 0 Å². The largest absolute Gasteiger partial charge is 0.548 e. The van der Waals surface area contributed by atoms with Crippen molar-refractivity contribution in [2.24, 2.45) is 0 Å². The Morgan fingerprint density at radius 1 is 0.246 bits per heavy atom. The van der Waals surface area contributed by atoms with Crippen molar-refractivity contribution in [3.8, 4) is 160 Å². The molecular formula is C106H145O9P3. The van der Waals surface area contributed by atoms with Gasteiger partial charge in [0.25, 0.3) is 0 Å². The first-order valence-electron chi connectivity index (χ1n) is 45.4. The lowest BCUT2D eigenvalue weighted by Crippen LogP contribution is -2.12. The fourth-order valence-corrected chi connectivity index (χ4v) is 16.7. The number of unbranched alkanes of at least 4 members (excludes halogenated alkanes) is 40. The van der Waals surface area contributed by atoms with Crippen LogP contribution in [0.1, 0.15) is 399 Å². The van der Waals surface area contributed by atoms with E-state index in [1.807, 2.05) is 13.0 Å². The van der Waals surface area contributed by atoms with Gasteiger partial charge in [0.15, 0.2) is 0 Å². The summed E-state index contributed by atoms with van der Waals surface area (Å²) >= 11 is 0. The van der Waals surface area contributed by atoms with E-state index in [4.69, 9.17) is 40.7 Å². The van der Waals surface area contributed by atoms with Gasteiger partial charge in [-0.25, -0.2) is 0 Å². The summed E-state index contributed by atoms with van der Waals surface area (Å²) in [5.41, 5.74) is 9.81. The molecule has 9 nitrogen and oxygen atoms in total. The van der Waals surface area contributed by atoms with Crippen molar-refractivity contribution in [2.75, 3.05) is 26.4 Å². The molecule has 0 aliphatic carbocycles. The van der Waals surface area contributed by atoms with Crippen LogP contribution >= 0.6 is 25.8 Å². The summed E-state index contributed by atoms with van der Waals surface area (Å²) in [5.74, 6) is 60.3. The average molecular weight is 1660 g/mol. The number of rotatable bonds is 65. The Morgan fingerprint density at radius 2 is 0.458 bits per heavy atom. The van der Waals surface area contributed by atoms with Gasteiger partial charge in [-0.15, -0.1) is 0 Å². The van der Waals surface area contributed by atoms with E-state index in [1.54, 1.807) is 13.8 Å². The molecule has 0 spiro atoms. The fourth-order valence-electron chi connectivity index (χ4n) is 13.8. The van der Waals surface area contributed by atoms with Gasteiger partial charge in [0, 0.05) is 65.1 Å². The van der Waals surface area contributed by atoms with E-state index in [-0.39, 0.29) is 11.8 Å². The monoisotopic (exact) mass is 1660 g/mol. The van der Waals surface area contributed by atoms with E-state index in [1.165, 1.54) is 242 Å². The molecule has 0 amide bonds. The first kappa shape index (κ1) is 105. The predicted molar refractivity (Wildman–Crippen MR) is 502 cm³/mol. The molecule has 3 rings (SSSR count). The molecule has 0 N–H and O–H groups in total. The molecule has 638 valence electrons. The molecule has 0 radical (unpaired) electrons. The molecule has 2 atom stereocenters. The van der Waals surface area contributed by atoms with E-state index >= 15 is 0 Å². The third-order valence-corrected chi connectivity index (χ3v) is 23.7. The smallest absolute Gasteiger partial charge is 0.426 e. The maximum atomic E-state index is 6.93. The molecule has 0 aliphatic rings. The number of benzene rings is 3. The van der Waals surface area contributed by atoms with Crippen molar-refractivity contribution >= 4 is 25.8 Å². The number of hydrogen-bond acceptors (Lipinski definition) is 9. The SMILES string of the molecule is CC#CC#CC#CC#CC#CC#COP(OC#CC#CC#CC#CC#CC#CC)Oc1cc(C)c(C(CC(C)c2cc(C)c(OP(OCCCCCCCCCCCCC)OCCCCCCCCCCCCC)cc2C)c2cc(C)c(OP(OCCCCCCCCCCCCC)OCCCCCCCCCCCCC)cc2C)cc1C. The lowest BCUT2D eigenvalue weighted by molar-refractivity contribution is 0.197. The minimum absolute atomic E-state index is 0.0827. The van der Waals surface area contributed by atoms with E-state index in [0.29, 0.717) is 32.2 Å². The summed E-state index contributed by atoms with van der Waals surface area (Å²) in [7, 11) is -5.51. The Kier molecular flexibility index (Phi) is 66.1. The van der Waals surface area contributed by atoms with Crippen molar-refractivity contribution in [1.82, 2.24) is 0 Å². The highest BCUT2D eigenvalue weighted by molar-refractivity contribution is 7.42. The van der Waals surface area contributed by atoms with E-state index in [2.05, 4.69) is 242 Å². The zero-order valence-corrected chi connectivity index (χ0v) is 78.0. The van der Waals surface area contributed by atoms with Crippen LogP contribution in [0.3, 0.4) is 0 Å². The summed E-state index contributed by atoms with van der Waals surface area (Å²) in [4.78, 5) is 0. The third kappa shape index (κ3) is 53.9. The molecule has 3 aromatic carbocycles. The zero-order chi connectivity index (χ0) is 85.0. The summed E-state index contributed by atoms with van der Waals surface area (Å²) in [6, 6.07) is 13.3. The fraction of sp³-hybridized carbons (Fsp3) is 0.604. The normalized spacial score (nSPS) is 10.7. The van der Waals surface area contributed by atoms with Gasteiger partial charge in [0.1, 0.15) is 29.5 Å². The molecule has 0 fully saturated rings. The third-order valence-electron chi connectivity index (χ3n) is 20.6. The zero-order valence-electron chi connectivity index (χ0n) is 75.3. The maximum Gasteiger partial charge on any atom is 0.548 e. The van der Waals surface area contributed by atoms with Crippen molar-refractivity contribution in [1.29, 1.82) is 0 Å². The van der Waals surface area contributed by atoms with Crippen LogP contribution in [0.2, 0.25) is 0 Å². The topological polar surface area (TPSA) is 83.1 Å². The summed E-state index contributed by atoms with van der Waals surface area (Å²) in [5, 5.41) is 0. The minimum Gasteiger partial charge on any atom is -0.426 e. The van der Waals surface area contributed by atoms with Gasteiger partial charge in [-0.2, -0.15) is 0 Å². The molecule has 0 aliphatic heterocycles. The van der Waals surface area contributed by atoms with E-state index in [9.17, 15) is 0 Å². The van der Waals surface area contributed by atoms with Gasteiger partial charge in [0.2, 0.25) is 0 Å². The van der Waals surface area contributed by atoms with Gasteiger partial charge in [-0.3, -0.25) is 0 Å². The van der Waals surface area contributed by atoms with Gasteiger partial charge in [0.05, 0.1) is 26.4 Å². The summed E-state index contributed by atoms with van der Waals surface area (Å²) in [6.45, 7) is 30.3. The molecule has 3 aromatic rings. The predicted octanol–water partition coefficient (Wildman–Crippen LogP) is 30.0. The first-order chi connectivity index (χ1) is 57.9. The molecule has 0 aromatic heterocycles. The Morgan fingerprint density at radius 3 is 0.712 bits per heavy atom. The van der Waals surface area contributed by atoms with E-state index in [0.717, 1.165) is 108 Å². The molecular weight excluding hydrogens is 1510 g/mol. The highest BCUT2D eigenvalue weighted by atomic mass is 31.2. The summed E-state index contributed by atoms with van der Waals surface area (Å²) in [6.07, 6.45) is 62.1.